The molecule has 120 valence electrons. The number of nitrogens with zero attached hydrogens (tertiary/aromatic N) is 1. The Morgan fingerprint density at radius 3 is 2.05 bits per heavy atom. The van der Waals surface area contributed by atoms with Crippen LogP contribution in [0.4, 0.5) is 27.6 Å². The van der Waals surface area contributed by atoms with E-state index in [-0.39, 0.29) is 19.1 Å². The molecule has 0 atom stereocenters. The van der Waals surface area contributed by atoms with E-state index in [1.54, 1.807) is 0 Å². The molecule has 0 amide bonds. The van der Waals surface area contributed by atoms with Gasteiger partial charge in [0.05, 0.1) is 0 Å². The summed E-state index contributed by atoms with van der Waals surface area (Å²) in [6, 6.07) is 2.26. The van der Waals surface area contributed by atoms with Crippen molar-refractivity contribution in [1.29, 1.82) is 0 Å². The molecular weight excluding hydrogens is 291 g/mol. The molecule has 0 aliphatic heterocycles. The molecule has 0 unspecified atom stereocenters. The van der Waals surface area contributed by atoms with E-state index in [1.807, 2.05) is 13.8 Å². The van der Waals surface area contributed by atoms with E-state index in [2.05, 4.69) is 5.32 Å². The fraction of sp³-hybridized carbons (Fsp3) is 0.571. The molecule has 1 N–H and O–H groups in total. The summed E-state index contributed by atoms with van der Waals surface area (Å²) < 4.78 is 65.2. The first-order valence-corrected chi connectivity index (χ1v) is 6.67. The minimum Gasteiger partial charge on any atom is -0.358 e. The minimum absolute atomic E-state index is 0.133. The molecule has 0 aliphatic carbocycles. The SMILES string of the molecule is CCN(CC(F)(F)F)c1c(F)cc(CNC(C)C)cc1F. The summed E-state index contributed by atoms with van der Waals surface area (Å²) in [7, 11) is 0. The zero-order chi connectivity index (χ0) is 16.2. The third-order valence-corrected chi connectivity index (χ3v) is 2.86. The number of rotatable bonds is 6. The minimum atomic E-state index is -4.52. The first kappa shape index (κ1) is 17.7. The third kappa shape index (κ3) is 5.49. The lowest BCUT2D eigenvalue weighted by molar-refractivity contribution is -0.119. The molecule has 2 nitrogen and oxygen atoms in total. The van der Waals surface area contributed by atoms with Crippen LogP contribution >= 0.6 is 0 Å². The van der Waals surface area contributed by atoms with Gasteiger partial charge in [-0.25, -0.2) is 8.78 Å². The number of hydrogen-bond acceptors (Lipinski definition) is 2. The number of alkyl halides is 3. The number of anilines is 1. The quantitative estimate of drug-likeness (QED) is 0.803. The number of hydrogen-bond donors (Lipinski definition) is 1. The van der Waals surface area contributed by atoms with E-state index in [1.165, 1.54) is 6.92 Å². The largest absolute Gasteiger partial charge is 0.405 e. The smallest absolute Gasteiger partial charge is 0.358 e. The lowest BCUT2D eigenvalue weighted by Crippen LogP contribution is -2.35. The first-order chi connectivity index (χ1) is 9.64. The molecule has 0 radical (unpaired) electrons. The molecule has 0 saturated carbocycles. The Labute approximate surface area is 120 Å². The summed E-state index contributed by atoms with van der Waals surface area (Å²) in [4.78, 5) is 0.643. The highest BCUT2D eigenvalue weighted by atomic mass is 19.4. The fourth-order valence-corrected chi connectivity index (χ4v) is 1.91. The van der Waals surface area contributed by atoms with Crippen LogP contribution < -0.4 is 10.2 Å². The van der Waals surface area contributed by atoms with Crippen LogP contribution in [-0.2, 0) is 6.54 Å². The Hall–Kier alpha value is -1.37. The zero-order valence-electron chi connectivity index (χ0n) is 12.2. The van der Waals surface area contributed by atoms with Crippen molar-refractivity contribution >= 4 is 5.69 Å². The van der Waals surface area contributed by atoms with Gasteiger partial charge in [0.1, 0.15) is 23.9 Å². The summed E-state index contributed by atoms with van der Waals surface area (Å²) in [6.45, 7) is 3.89. The van der Waals surface area contributed by atoms with Crippen molar-refractivity contribution in [3.05, 3.63) is 29.3 Å². The summed E-state index contributed by atoms with van der Waals surface area (Å²) in [5, 5.41) is 2.99. The maximum Gasteiger partial charge on any atom is 0.405 e. The second-order valence-corrected chi connectivity index (χ2v) is 5.07. The van der Waals surface area contributed by atoms with Gasteiger partial charge in [-0.2, -0.15) is 13.2 Å². The maximum absolute atomic E-state index is 14.0. The van der Waals surface area contributed by atoms with E-state index < -0.39 is 30.0 Å². The number of benzene rings is 1. The van der Waals surface area contributed by atoms with Crippen LogP contribution in [0.2, 0.25) is 0 Å². The molecule has 21 heavy (non-hydrogen) atoms. The molecule has 0 heterocycles. The molecule has 0 spiro atoms. The molecule has 0 aromatic heterocycles. The van der Waals surface area contributed by atoms with Gasteiger partial charge in [0.25, 0.3) is 0 Å². The first-order valence-electron chi connectivity index (χ1n) is 6.67. The third-order valence-electron chi connectivity index (χ3n) is 2.86. The van der Waals surface area contributed by atoms with Crippen molar-refractivity contribution in [2.45, 2.75) is 39.5 Å². The van der Waals surface area contributed by atoms with E-state index in [9.17, 15) is 22.0 Å². The van der Waals surface area contributed by atoms with Gasteiger partial charge in [0, 0.05) is 19.1 Å². The molecule has 7 heteroatoms. The fourth-order valence-electron chi connectivity index (χ4n) is 1.91. The van der Waals surface area contributed by atoms with Crippen LogP contribution in [0, 0.1) is 11.6 Å². The Morgan fingerprint density at radius 2 is 1.67 bits per heavy atom. The summed E-state index contributed by atoms with van der Waals surface area (Å²) >= 11 is 0. The predicted molar refractivity (Wildman–Crippen MR) is 72.3 cm³/mol. The maximum atomic E-state index is 14.0. The second kappa shape index (κ2) is 7.06. The highest BCUT2D eigenvalue weighted by Crippen LogP contribution is 2.28. The molecule has 0 bridgehead atoms. The summed E-state index contributed by atoms with van der Waals surface area (Å²) in [5.41, 5.74) is -0.284. The number of halogens is 5. The molecule has 0 fully saturated rings. The van der Waals surface area contributed by atoms with E-state index in [0.717, 1.165) is 12.1 Å². The van der Waals surface area contributed by atoms with Crippen molar-refractivity contribution in [3.63, 3.8) is 0 Å². The van der Waals surface area contributed by atoms with E-state index >= 15 is 0 Å². The van der Waals surface area contributed by atoms with E-state index in [0.29, 0.717) is 10.5 Å². The topological polar surface area (TPSA) is 15.3 Å². The molecule has 0 aliphatic rings. The Bertz CT molecular complexity index is 448. The van der Waals surface area contributed by atoms with E-state index in [4.69, 9.17) is 0 Å². The molecule has 1 aromatic rings. The van der Waals surface area contributed by atoms with Gasteiger partial charge in [-0.3, -0.25) is 0 Å². The second-order valence-electron chi connectivity index (χ2n) is 5.07. The monoisotopic (exact) mass is 310 g/mol. The van der Waals surface area contributed by atoms with Crippen molar-refractivity contribution in [2.75, 3.05) is 18.0 Å². The van der Waals surface area contributed by atoms with Gasteiger partial charge >= 0.3 is 6.18 Å². The van der Waals surface area contributed by atoms with Crippen molar-refractivity contribution in [2.24, 2.45) is 0 Å². The average molecular weight is 310 g/mol. The van der Waals surface area contributed by atoms with Gasteiger partial charge < -0.3 is 10.2 Å². The van der Waals surface area contributed by atoms with Crippen LogP contribution in [0.1, 0.15) is 26.3 Å². The van der Waals surface area contributed by atoms with Crippen molar-refractivity contribution in [3.8, 4) is 0 Å². The van der Waals surface area contributed by atoms with Crippen molar-refractivity contribution in [1.82, 2.24) is 5.32 Å². The normalized spacial score (nSPS) is 12.0. The van der Waals surface area contributed by atoms with Gasteiger partial charge in [0.15, 0.2) is 0 Å². The molecule has 1 aromatic carbocycles. The Morgan fingerprint density at radius 1 is 1.14 bits per heavy atom. The van der Waals surface area contributed by atoms with Gasteiger partial charge in [0.2, 0.25) is 0 Å². The van der Waals surface area contributed by atoms with Crippen LogP contribution in [0.3, 0.4) is 0 Å². The van der Waals surface area contributed by atoms with Gasteiger partial charge in [-0.15, -0.1) is 0 Å². The lowest BCUT2D eigenvalue weighted by atomic mass is 10.1. The van der Waals surface area contributed by atoms with Gasteiger partial charge in [-0.1, -0.05) is 13.8 Å². The predicted octanol–water partition coefficient (Wildman–Crippen LogP) is 3.85. The Kier molecular flexibility index (Phi) is 5.95. The molecular formula is C14H19F5N2. The zero-order valence-corrected chi connectivity index (χ0v) is 12.2. The van der Waals surface area contributed by atoms with Crippen LogP contribution in [-0.4, -0.2) is 25.3 Å². The highest BCUT2D eigenvalue weighted by Gasteiger charge is 2.32. The average Bonchev–Trinajstić information content (AvgIpc) is 2.32. The lowest BCUT2D eigenvalue weighted by Gasteiger charge is -2.25. The standard InChI is InChI=1S/C14H19F5N2/c1-4-21(8-14(17,18)19)13-11(15)5-10(6-12(13)16)7-20-9(2)3/h5-6,9,20H,4,7-8H2,1-3H3. The molecule has 0 saturated heterocycles. The van der Waals surface area contributed by atoms with Crippen LogP contribution in [0.5, 0.6) is 0 Å². The summed E-state index contributed by atoms with van der Waals surface area (Å²) in [5.74, 6) is -1.97. The van der Waals surface area contributed by atoms with Crippen LogP contribution in [0.15, 0.2) is 12.1 Å². The Balaban J connectivity index is 3.02. The number of nitrogens with one attached hydrogen (secondary N) is 1. The van der Waals surface area contributed by atoms with Crippen molar-refractivity contribution < 1.29 is 22.0 Å². The van der Waals surface area contributed by atoms with Crippen LogP contribution in [0.25, 0.3) is 0 Å². The van der Waals surface area contributed by atoms with Gasteiger partial charge in [-0.05, 0) is 24.6 Å². The summed E-state index contributed by atoms with van der Waals surface area (Å²) in [6.07, 6.45) is -4.52. The molecule has 1 rings (SSSR count). The highest BCUT2D eigenvalue weighted by molar-refractivity contribution is 5.51.